The molecule has 1 aliphatic rings. The van der Waals surface area contributed by atoms with Crippen LogP contribution in [0.15, 0.2) is 0 Å². The minimum absolute atomic E-state index is 0.575. The normalized spacial score (nSPS) is 20.2. The maximum atomic E-state index is 3.71. The van der Waals surface area contributed by atoms with Crippen LogP contribution in [0.5, 0.6) is 0 Å². The van der Waals surface area contributed by atoms with E-state index in [4.69, 9.17) is 0 Å². The predicted octanol–water partition coefficient (Wildman–Crippen LogP) is 3.74. The largest absolute Gasteiger partial charge is 0.314 e. The second-order valence-corrected chi connectivity index (χ2v) is 5.00. The highest BCUT2D eigenvalue weighted by Crippen LogP contribution is 2.45. The van der Waals surface area contributed by atoms with E-state index in [1.807, 2.05) is 6.92 Å². The molecule has 1 heteroatoms. The fraction of sp³-hybridized carbons (Fsp3) is 0.867. The molecule has 0 spiro atoms. The molecule has 0 aromatic rings. The van der Waals surface area contributed by atoms with Crippen molar-refractivity contribution < 1.29 is 0 Å². The Morgan fingerprint density at radius 2 is 1.94 bits per heavy atom. The molecule has 1 aliphatic carbocycles. The van der Waals surface area contributed by atoms with Gasteiger partial charge in [0, 0.05) is 12.5 Å². The summed E-state index contributed by atoms with van der Waals surface area (Å²) in [7, 11) is 0. The van der Waals surface area contributed by atoms with Crippen LogP contribution in [0.25, 0.3) is 0 Å². The summed E-state index contributed by atoms with van der Waals surface area (Å²) >= 11 is 0. The Morgan fingerprint density at radius 1 is 1.25 bits per heavy atom. The van der Waals surface area contributed by atoms with Crippen LogP contribution in [-0.4, -0.2) is 12.6 Å². The monoisotopic (exact) mass is 221 g/mol. The van der Waals surface area contributed by atoms with Crippen LogP contribution in [0.2, 0.25) is 0 Å². The first-order chi connectivity index (χ1) is 7.79. The molecule has 1 atom stereocenters. The van der Waals surface area contributed by atoms with Gasteiger partial charge in [-0.05, 0) is 44.6 Å². The molecule has 92 valence electrons. The van der Waals surface area contributed by atoms with E-state index in [1.165, 1.54) is 38.5 Å². The molecule has 1 rings (SSSR count). The number of hydrogen-bond acceptors (Lipinski definition) is 1. The van der Waals surface area contributed by atoms with Crippen molar-refractivity contribution in [2.75, 3.05) is 6.54 Å². The van der Waals surface area contributed by atoms with Crippen LogP contribution in [0.1, 0.15) is 65.7 Å². The molecule has 1 fully saturated rings. The molecular weight excluding hydrogens is 194 g/mol. The van der Waals surface area contributed by atoms with Gasteiger partial charge in [-0.2, -0.15) is 0 Å². The van der Waals surface area contributed by atoms with Gasteiger partial charge in [-0.15, -0.1) is 11.8 Å². The van der Waals surface area contributed by atoms with Gasteiger partial charge in [-0.3, -0.25) is 0 Å². The fourth-order valence-electron chi connectivity index (χ4n) is 3.24. The van der Waals surface area contributed by atoms with Crippen LogP contribution in [0.4, 0.5) is 0 Å². The van der Waals surface area contributed by atoms with Gasteiger partial charge in [0.05, 0.1) is 0 Å². The molecule has 1 unspecified atom stereocenters. The third-order valence-electron chi connectivity index (χ3n) is 4.23. The van der Waals surface area contributed by atoms with Crippen molar-refractivity contribution in [2.45, 2.75) is 71.8 Å². The molecule has 0 saturated heterocycles. The third-order valence-corrected chi connectivity index (χ3v) is 4.23. The SMILES string of the molecule is CC#CCCC(NCC)C1(CC)CCCC1. The summed E-state index contributed by atoms with van der Waals surface area (Å²) in [6.45, 7) is 7.61. The van der Waals surface area contributed by atoms with E-state index < -0.39 is 0 Å². The van der Waals surface area contributed by atoms with Crippen LogP contribution in [-0.2, 0) is 0 Å². The van der Waals surface area contributed by atoms with Gasteiger partial charge >= 0.3 is 0 Å². The van der Waals surface area contributed by atoms with E-state index in [1.54, 1.807) is 0 Å². The first-order valence-electron chi connectivity index (χ1n) is 6.92. The Morgan fingerprint density at radius 3 is 2.44 bits per heavy atom. The molecule has 1 N–H and O–H groups in total. The van der Waals surface area contributed by atoms with E-state index in [0.717, 1.165) is 13.0 Å². The second kappa shape index (κ2) is 6.97. The molecule has 0 aliphatic heterocycles. The van der Waals surface area contributed by atoms with Gasteiger partial charge in [-0.25, -0.2) is 0 Å². The minimum Gasteiger partial charge on any atom is -0.314 e. The number of hydrogen-bond donors (Lipinski definition) is 1. The zero-order valence-corrected chi connectivity index (χ0v) is 11.2. The van der Waals surface area contributed by atoms with Gasteiger partial charge in [0.1, 0.15) is 0 Å². The Bertz CT molecular complexity index is 240. The van der Waals surface area contributed by atoms with Crippen molar-refractivity contribution in [3.8, 4) is 11.8 Å². The molecular formula is C15H27N. The van der Waals surface area contributed by atoms with Crippen molar-refractivity contribution in [3.63, 3.8) is 0 Å². The van der Waals surface area contributed by atoms with Gasteiger partial charge in [0.15, 0.2) is 0 Å². The highest BCUT2D eigenvalue weighted by Gasteiger charge is 2.38. The number of rotatable bonds is 6. The molecule has 0 bridgehead atoms. The Hall–Kier alpha value is -0.480. The smallest absolute Gasteiger partial charge is 0.0132 e. The maximum absolute atomic E-state index is 3.71. The minimum atomic E-state index is 0.575. The van der Waals surface area contributed by atoms with Crippen LogP contribution < -0.4 is 5.32 Å². The first kappa shape index (κ1) is 13.6. The molecule has 0 amide bonds. The standard InChI is InChI=1S/C15H27N/c1-4-7-8-11-14(16-6-3)15(5-2)12-9-10-13-15/h14,16H,5-6,8-13H2,1-3H3. The molecule has 16 heavy (non-hydrogen) atoms. The second-order valence-electron chi connectivity index (χ2n) is 5.00. The van der Waals surface area contributed by atoms with Crippen molar-refractivity contribution in [3.05, 3.63) is 0 Å². The summed E-state index contributed by atoms with van der Waals surface area (Å²) in [6.07, 6.45) is 9.29. The molecule has 0 aromatic carbocycles. The molecule has 1 nitrogen and oxygen atoms in total. The van der Waals surface area contributed by atoms with Crippen molar-refractivity contribution >= 4 is 0 Å². The Balaban J connectivity index is 2.60. The molecule has 1 saturated carbocycles. The van der Waals surface area contributed by atoms with Crippen molar-refractivity contribution in [1.29, 1.82) is 0 Å². The average molecular weight is 221 g/mol. The van der Waals surface area contributed by atoms with E-state index in [2.05, 4.69) is 31.0 Å². The van der Waals surface area contributed by atoms with Gasteiger partial charge in [0.25, 0.3) is 0 Å². The van der Waals surface area contributed by atoms with Gasteiger partial charge in [0.2, 0.25) is 0 Å². The topological polar surface area (TPSA) is 12.0 Å². The highest BCUT2D eigenvalue weighted by molar-refractivity contribution is 4.99. The number of nitrogens with one attached hydrogen (secondary N) is 1. The molecule has 0 heterocycles. The summed E-state index contributed by atoms with van der Waals surface area (Å²) < 4.78 is 0. The van der Waals surface area contributed by atoms with E-state index >= 15 is 0 Å². The predicted molar refractivity (Wildman–Crippen MR) is 71.3 cm³/mol. The van der Waals surface area contributed by atoms with Crippen molar-refractivity contribution in [1.82, 2.24) is 5.32 Å². The zero-order valence-electron chi connectivity index (χ0n) is 11.2. The quantitative estimate of drug-likeness (QED) is 0.674. The average Bonchev–Trinajstić information content (AvgIpc) is 2.78. The fourth-order valence-corrected chi connectivity index (χ4v) is 3.24. The van der Waals surface area contributed by atoms with Gasteiger partial charge < -0.3 is 5.32 Å². The lowest BCUT2D eigenvalue weighted by Crippen LogP contribution is -2.43. The van der Waals surface area contributed by atoms with Crippen LogP contribution >= 0.6 is 0 Å². The Kier molecular flexibility index (Phi) is 5.91. The molecule has 0 aromatic heterocycles. The molecule has 0 radical (unpaired) electrons. The summed E-state index contributed by atoms with van der Waals surface area (Å²) in [5.74, 6) is 6.22. The van der Waals surface area contributed by atoms with Crippen molar-refractivity contribution in [2.24, 2.45) is 5.41 Å². The zero-order chi connectivity index (χ0) is 11.9. The van der Waals surface area contributed by atoms with E-state index in [0.29, 0.717) is 11.5 Å². The third kappa shape index (κ3) is 3.25. The van der Waals surface area contributed by atoms with Crippen LogP contribution in [0, 0.1) is 17.3 Å². The lowest BCUT2D eigenvalue weighted by Gasteiger charge is -2.37. The summed E-state index contributed by atoms with van der Waals surface area (Å²) in [5, 5.41) is 3.71. The first-order valence-corrected chi connectivity index (χ1v) is 6.92. The van der Waals surface area contributed by atoms with Crippen LogP contribution in [0.3, 0.4) is 0 Å². The van der Waals surface area contributed by atoms with Gasteiger partial charge in [-0.1, -0.05) is 26.7 Å². The lowest BCUT2D eigenvalue weighted by atomic mass is 9.74. The van der Waals surface area contributed by atoms with E-state index in [-0.39, 0.29) is 0 Å². The highest BCUT2D eigenvalue weighted by atomic mass is 14.9. The summed E-state index contributed by atoms with van der Waals surface area (Å²) in [5.41, 5.74) is 0.575. The van der Waals surface area contributed by atoms with E-state index in [9.17, 15) is 0 Å². The summed E-state index contributed by atoms with van der Waals surface area (Å²) in [6, 6.07) is 0.686. The lowest BCUT2D eigenvalue weighted by molar-refractivity contribution is 0.180. The summed E-state index contributed by atoms with van der Waals surface area (Å²) in [4.78, 5) is 0. The Labute approximate surface area is 101 Å². The maximum Gasteiger partial charge on any atom is 0.0132 e.